The molecule has 0 bridgehead atoms. The SMILES string of the molecule is CC(C)[C@H](C)C1CC(C)(F)C1. The third-order valence-corrected chi connectivity index (χ3v) is 3.17. The minimum atomic E-state index is -0.839. The monoisotopic (exact) mass is 158 g/mol. The van der Waals surface area contributed by atoms with Crippen molar-refractivity contribution in [2.75, 3.05) is 0 Å². The molecule has 0 radical (unpaired) electrons. The second-order valence-electron chi connectivity index (χ2n) is 4.68. The summed E-state index contributed by atoms with van der Waals surface area (Å²) in [6, 6.07) is 0. The van der Waals surface area contributed by atoms with E-state index < -0.39 is 5.67 Å². The van der Waals surface area contributed by atoms with Crippen molar-refractivity contribution in [3.63, 3.8) is 0 Å². The molecule has 1 atom stereocenters. The van der Waals surface area contributed by atoms with Crippen LogP contribution in [0.2, 0.25) is 0 Å². The second-order valence-corrected chi connectivity index (χ2v) is 4.68. The van der Waals surface area contributed by atoms with E-state index in [1.165, 1.54) is 0 Å². The second kappa shape index (κ2) is 2.76. The largest absolute Gasteiger partial charge is 0.244 e. The molecular formula is C10H19F. The minimum Gasteiger partial charge on any atom is -0.244 e. The Morgan fingerprint density at radius 3 is 2.00 bits per heavy atom. The van der Waals surface area contributed by atoms with Crippen molar-refractivity contribution in [1.82, 2.24) is 0 Å². The summed E-state index contributed by atoms with van der Waals surface area (Å²) in [7, 11) is 0. The van der Waals surface area contributed by atoms with E-state index in [4.69, 9.17) is 0 Å². The van der Waals surface area contributed by atoms with Crippen LogP contribution in [0.4, 0.5) is 4.39 Å². The quantitative estimate of drug-likeness (QED) is 0.577. The van der Waals surface area contributed by atoms with Crippen LogP contribution in [0.25, 0.3) is 0 Å². The molecule has 0 aromatic heterocycles. The molecule has 0 aliphatic heterocycles. The van der Waals surface area contributed by atoms with Crippen molar-refractivity contribution in [1.29, 1.82) is 0 Å². The van der Waals surface area contributed by atoms with Gasteiger partial charge in [-0.15, -0.1) is 0 Å². The molecule has 0 N–H and O–H groups in total. The Morgan fingerprint density at radius 1 is 1.27 bits per heavy atom. The fourth-order valence-electron chi connectivity index (χ4n) is 1.95. The lowest BCUT2D eigenvalue weighted by molar-refractivity contribution is -0.0114. The van der Waals surface area contributed by atoms with Crippen LogP contribution < -0.4 is 0 Å². The number of rotatable bonds is 2. The first-order chi connectivity index (χ1) is 4.92. The Balaban J connectivity index is 2.32. The normalized spacial score (nSPS) is 40.4. The lowest BCUT2D eigenvalue weighted by Gasteiger charge is -2.43. The van der Waals surface area contributed by atoms with Gasteiger partial charge in [-0.1, -0.05) is 20.8 Å². The topological polar surface area (TPSA) is 0 Å². The molecule has 11 heavy (non-hydrogen) atoms. The van der Waals surface area contributed by atoms with Crippen LogP contribution in [-0.4, -0.2) is 5.67 Å². The minimum absolute atomic E-state index is 0.644. The predicted octanol–water partition coefficient (Wildman–Crippen LogP) is 3.42. The van der Waals surface area contributed by atoms with E-state index in [0.717, 1.165) is 12.8 Å². The number of hydrogen-bond acceptors (Lipinski definition) is 0. The Bertz CT molecular complexity index is 130. The summed E-state index contributed by atoms with van der Waals surface area (Å²) in [6.07, 6.45) is 1.57. The van der Waals surface area contributed by atoms with Crippen LogP contribution in [0.3, 0.4) is 0 Å². The lowest BCUT2D eigenvalue weighted by atomic mass is 9.65. The molecule has 0 unspecified atom stereocenters. The van der Waals surface area contributed by atoms with Gasteiger partial charge in [0.15, 0.2) is 0 Å². The van der Waals surface area contributed by atoms with Gasteiger partial charge in [-0.25, -0.2) is 4.39 Å². The van der Waals surface area contributed by atoms with Gasteiger partial charge in [0.1, 0.15) is 5.67 Å². The van der Waals surface area contributed by atoms with Crippen molar-refractivity contribution in [3.8, 4) is 0 Å². The van der Waals surface area contributed by atoms with Gasteiger partial charge in [-0.05, 0) is 37.5 Å². The molecule has 0 aromatic carbocycles. The number of halogens is 1. The van der Waals surface area contributed by atoms with E-state index >= 15 is 0 Å². The predicted molar refractivity (Wildman–Crippen MR) is 46.2 cm³/mol. The summed E-state index contributed by atoms with van der Waals surface area (Å²) in [6.45, 7) is 8.40. The average molecular weight is 158 g/mol. The highest BCUT2D eigenvalue weighted by atomic mass is 19.1. The van der Waals surface area contributed by atoms with E-state index in [9.17, 15) is 4.39 Å². The molecule has 1 aliphatic rings. The third-order valence-electron chi connectivity index (χ3n) is 3.17. The lowest BCUT2D eigenvalue weighted by Crippen LogP contribution is -2.41. The summed E-state index contributed by atoms with van der Waals surface area (Å²) < 4.78 is 13.1. The summed E-state index contributed by atoms with van der Waals surface area (Å²) in [5, 5.41) is 0. The van der Waals surface area contributed by atoms with Crippen molar-refractivity contribution < 1.29 is 4.39 Å². The van der Waals surface area contributed by atoms with E-state index in [0.29, 0.717) is 17.8 Å². The molecule has 0 nitrogen and oxygen atoms in total. The molecule has 66 valence electrons. The van der Waals surface area contributed by atoms with Crippen LogP contribution in [0.5, 0.6) is 0 Å². The molecule has 0 saturated heterocycles. The fourth-order valence-corrected chi connectivity index (χ4v) is 1.95. The highest BCUT2D eigenvalue weighted by Crippen LogP contribution is 2.46. The van der Waals surface area contributed by atoms with Gasteiger partial charge in [-0.3, -0.25) is 0 Å². The molecule has 1 saturated carbocycles. The van der Waals surface area contributed by atoms with E-state index in [2.05, 4.69) is 20.8 Å². The maximum absolute atomic E-state index is 13.1. The van der Waals surface area contributed by atoms with Gasteiger partial charge in [0.05, 0.1) is 0 Å². The smallest absolute Gasteiger partial charge is 0.108 e. The molecule has 1 heteroatoms. The first kappa shape index (κ1) is 9.02. The summed E-state index contributed by atoms with van der Waals surface area (Å²) in [5.41, 5.74) is -0.839. The molecule has 0 amide bonds. The fraction of sp³-hybridized carbons (Fsp3) is 1.00. The zero-order chi connectivity index (χ0) is 8.65. The average Bonchev–Trinajstić information content (AvgIpc) is 1.80. The van der Waals surface area contributed by atoms with Crippen LogP contribution in [0.1, 0.15) is 40.5 Å². The van der Waals surface area contributed by atoms with Gasteiger partial charge < -0.3 is 0 Å². The summed E-state index contributed by atoms with van der Waals surface area (Å²) in [5.74, 6) is 2.04. The van der Waals surface area contributed by atoms with Crippen LogP contribution in [0, 0.1) is 17.8 Å². The zero-order valence-corrected chi connectivity index (χ0v) is 8.02. The van der Waals surface area contributed by atoms with E-state index in [-0.39, 0.29) is 0 Å². The Hall–Kier alpha value is -0.0700. The molecule has 1 fully saturated rings. The van der Waals surface area contributed by atoms with Gasteiger partial charge in [-0.2, -0.15) is 0 Å². The summed E-state index contributed by atoms with van der Waals surface area (Å²) in [4.78, 5) is 0. The van der Waals surface area contributed by atoms with Crippen LogP contribution in [-0.2, 0) is 0 Å². The van der Waals surface area contributed by atoms with Crippen molar-refractivity contribution in [2.45, 2.75) is 46.2 Å². The van der Waals surface area contributed by atoms with E-state index in [1.807, 2.05) is 0 Å². The number of alkyl halides is 1. The summed E-state index contributed by atoms with van der Waals surface area (Å²) >= 11 is 0. The van der Waals surface area contributed by atoms with Gasteiger partial charge in [0.2, 0.25) is 0 Å². The van der Waals surface area contributed by atoms with Crippen LogP contribution >= 0.6 is 0 Å². The first-order valence-corrected chi connectivity index (χ1v) is 4.61. The molecule has 0 heterocycles. The van der Waals surface area contributed by atoms with E-state index in [1.54, 1.807) is 6.92 Å². The van der Waals surface area contributed by atoms with Gasteiger partial charge in [0.25, 0.3) is 0 Å². The van der Waals surface area contributed by atoms with Crippen LogP contribution in [0.15, 0.2) is 0 Å². The Kier molecular flexibility index (Phi) is 2.27. The van der Waals surface area contributed by atoms with Crippen molar-refractivity contribution >= 4 is 0 Å². The third kappa shape index (κ3) is 1.94. The maximum atomic E-state index is 13.1. The highest BCUT2D eigenvalue weighted by molar-refractivity contribution is 4.93. The van der Waals surface area contributed by atoms with Crippen molar-refractivity contribution in [2.24, 2.45) is 17.8 Å². The first-order valence-electron chi connectivity index (χ1n) is 4.61. The van der Waals surface area contributed by atoms with Crippen molar-refractivity contribution in [3.05, 3.63) is 0 Å². The molecule has 0 spiro atoms. The standard InChI is InChI=1S/C10H19F/c1-7(2)8(3)9-5-10(4,11)6-9/h7-9H,5-6H2,1-4H3/t8-,9?,10?/m0/s1. The molecular weight excluding hydrogens is 139 g/mol. The number of hydrogen-bond donors (Lipinski definition) is 0. The Morgan fingerprint density at radius 2 is 1.73 bits per heavy atom. The molecule has 1 rings (SSSR count). The molecule has 1 aliphatic carbocycles. The van der Waals surface area contributed by atoms with Gasteiger partial charge >= 0.3 is 0 Å². The van der Waals surface area contributed by atoms with Gasteiger partial charge in [0, 0.05) is 0 Å². The highest BCUT2D eigenvalue weighted by Gasteiger charge is 2.43. The Labute approximate surface area is 69.2 Å². The maximum Gasteiger partial charge on any atom is 0.108 e. The zero-order valence-electron chi connectivity index (χ0n) is 8.02. The molecule has 0 aromatic rings.